The van der Waals surface area contributed by atoms with Gasteiger partial charge in [-0.15, -0.1) is 0 Å². The minimum Gasteiger partial charge on any atom is -0.346 e. The second kappa shape index (κ2) is 7.71. The van der Waals surface area contributed by atoms with Crippen LogP contribution in [0.25, 0.3) is 16.5 Å². The van der Waals surface area contributed by atoms with Gasteiger partial charge in [-0.2, -0.15) is 23.4 Å². The molecule has 7 nitrogen and oxygen atoms in total. The van der Waals surface area contributed by atoms with Crippen LogP contribution in [0, 0.1) is 6.92 Å². The summed E-state index contributed by atoms with van der Waals surface area (Å²) in [7, 11) is 0. The van der Waals surface area contributed by atoms with Crippen LogP contribution in [0.3, 0.4) is 0 Å². The van der Waals surface area contributed by atoms with Gasteiger partial charge < -0.3 is 5.32 Å². The Balaban J connectivity index is 1.57. The van der Waals surface area contributed by atoms with Crippen molar-refractivity contribution in [3.63, 3.8) is 0 Å². The quantitative estimate of drug-likeness (QED) is 0.522. The van der Waals surface area contributed by atoms with Gasteiger partial charge in [-0.1, -0.05) is 24.3 Å². The van der Waals surface area contributed by atoms with Crippen LogP contribution in [-0.2, 0) is 12.7 Å². The smallest absolute Gasteiger partial charge is 0.346 e. The predicted octanol–water partition coefficient (Wildman–Crippen LogP) is 3.37. The van der Waals surface area contributed by atoms with E-state index in [0.29, 0.717) is 22.2 Å². The summed E-state index contributed by atoms with van der Waals surface area (Å²) in [6, 6.07) is 11.6. The first-order valence-corrected chi connectivity index (χ1v) is 9.22. The molecule has 4 aromatic rings. The minimum absolute atomic E-state index is 0.0459. The molecule has 2 aromatic heterocycles. The largest absolute Gasteiger partial charge is 0.416 e. The highest BCUT2D eigenvalue weighted by Gasteiger charge is 2.30. The molecular weight excluding hydrogens is 411 g/mol. The topological polar surface area (TPSA) is 92.7 Å². The van der Waals surface area contributed by atoms with Crippen LogP contribution in [0.4, 0.5) is 13.2 Å². The molecule has 2 aromatic carbocycles. The Bertz CT molecular complexity index is 1340. The SMILES string of the molecule is Cc1c(C(=O)NCc2n[nH]c(=O)c3ccccc23)cnn1-c1cccc(C(F)(F)F)c1. The molecule has 0 spiro atoms. The number of benzene rings is 2. The zero-order valence-electron chi connectivity index (χ0n) is 16.2. The van der Waals surface area contributed by atoms with Crippen LogP contribution >= 0.6 is 0 Å². The van der Waals surface area contributed by atoms with E-state index in [2.05, 4.69) is 20.6 Å². The molecule has 2 N–H and O–H groups in total. The van der Waals surface area contributed by atoms with Crippen molar-refractivity contribution in [1.82, 2.24) is 25.3 Å². The van der Waals surface area contributed by atoms with E-state index < -0.39 is 17.6 Å². The fourth-order valence-electron chi connectivity index (χ4n) is 3.27. The summed E-state index contributed by atoms with van der Waals surface area (Å²) in [5, 5.41) is 14.2. The second-order valence-corrected chi connectivity index (χ2v) is 6.83. The Hall–Kier alpha value is -3.95. The molecule has 4 rings (SSSR count). The number of hydrogen-bond acceptors (Lipinski definition) is 4. The summed E-state index contributed by atoms with van der Waals surface area (Å²) in [6.07, 6.45) is -3.19. The van der Waals surface area contributed by atoms with Gasteiger partial charge in [0.05, 0.1) is 46.3 Å². The Morgan fingerprint density at radius 1 is 1.13 bits per heavy atom. The molecule has 2 heterocycles. The van der Waals surface area contributed by atoms with E-state index in [1.165, 1.54) is 23.0 Å². The Kier molecular flexibility index (Phi) is 5.05. The van der Waals surface area contributed by atoms with E-state index in [1.54, 1.807) is 31.2 Å². The fraction of sp³-hybridized carbons (Fsp3) is 0.143. The van der Waals surface area contributed by atoms with Gasteiger partial charge in [0.15, 0.2) is 0 Å². The third kappa shape index (κ3) is 3.91. The van der Waals surface area contributed by atoms with Crippen LogP contribution in [0.5, 0.6) is 0 Å². The Morgan fingerprint density at radius 2 is 1.87 bits per heavy atom. The number of carbonyl (C=O) groups is 1. The van der Waals surface area contributed by atoms with Crippen LogP contribution < -0.4 is 10.9 Å². The summed E-state index contributed by atoms with van der Waals surface area (Å²) in [4.78, 5) is 24.5. The summed E-state index contributed by atoms with van der Waals surface area (Å²) >= 11 is 0. The van der Waals surface area contributed by atoms with Gasteiger partial charge in [-0.25, -0.2) is 9.78 Å². The molecule has 0 unspecified atom stereocenters. The maximum atomic E-state index is 13.0. The van der Waals surface area contributed by atoms with E-state index >= 15 is 0 Å². The average Bonchev–Trinajstić information content (AvgIpc) is 3.14. The number of nitrogens with zero attached hydrogens (tertiary/aromatic N) is 3. The Morgan fingerprint density at radius 3 is 2.61 bits per heavy atom. The third-order valence-corrected chi connectivity index (χ3v) is 4.86. The highest BCUT2D eigenvalue weighted by molar-refractivity contribution is 5.95. The number of nitrogens with one attached hydrogen (secondary N) is 2. The number of H-pyrrole nitrogens is 1. The lowest BCUT2D eigenvalue weighted by atomic mass is 10.1. The molecule has 0 aliphatic rings. The lowest BCUT2D eigenvalue weighted by Crippen LogP contribution is -2.25. The van der Waals surface area contributed by atoms with Crippen molar-refractivity contribution >= 4 is 16.7 Å². The third-order valence-electron chi connectivity index (χ3n) is 4.86. The molecule has 0 saturated carbocycles. The van der Waals surface area contributed by atoms with Crippen LogP contribution in [0.1, 0.15) is 27.3 Å². The predicted molar refractivity (Wildman–Crippen MR) is 107 cm³/mol. The molecule has 0 saturated heterocycles. The zero-order chi connectivity index (χ0) is 22.2. The summed E-state index contributed by atoms with van der Waals surface area (Å²) < 4.78 is 40.3. The van der Waals surface area contributed by atoms with E-state index in [9.17, 15) is 22.8 Å². The molecule has 1 amide bonds. The van der Waals surface area contributed by atoms with Gasteiger partial charge in [0.1, 0.15) is 0 Å². The van der Waals surface area contributed by atoms with Gasteiger partial charge in [-0.3, -0.25) is 9.59 Å². The summed E-state index contributed by atoms with van der Waals surface area (Å²) in [6.45, 7) is 1.64. The van der Waals surface area contributed by atoms with Crippen molar-refractivity contribution in [2.45, 2.75) is 19.6 Å². The standard InChI is InChI=1S/C21H16F3N5O2/c1-12-17(10-26-29(12)14-6-4-5-13(9-14)21(22,23)24)19(30)25-11-18-15-7-2-3-8-16(15)20(31)28-27-18/h2-10H,11H2,1H3,(H,25,30)(H,28,31). The highest BCUT2D eigenvalue weighted by atomic mass is 19.4. The van der Waals surface area contributed by atoms with Crippen molar-refractivity contribution in [2.75, 3.05) is 0 Å². The minimum atomic E-state index is -4.48. The number of fused-ring (bicyclic) bond motifs is 1. The average molecular weight is 427 g/mol. The molecule has 0 bridgehead atoms. The number of amides is 1. The lowest BCUT2D eigenvalue weighted by molar-refractivity contribution is -0.137. The molecule has 0 radical (unpaired) electrons. The number of hydrogen-bond donors (Lipinski definition) is 2. The first kappa shape index (κ1) is 20.3. The van der Waals surface area contributed by atoms with Crippen molar-refractivity contribution in [1.29, 1.82) is 0 Å². The number of aromatic amines is 1. The maximum absolute atomic E-state index is 13.0. The number of carbonyl (C=O) groups excluding carboxylic acids is 1. The van der Waals surface area contributed by atoms with Gasteiger partial charge in [0.25, 0.3) is 11.5 Å². The van der Waals surface area contributed by atoms with Crippen molar-refractivity contribution in [3.05, 3.63) is 87.6 Å². The molecule has 0 aliphatic carbocycles. The first-order chi connectivity index (χ1) is 14.8. The van der Waals surface area contributed by atoms with Crippen molar-refractivity contribution in [2.24, 2.45) is 0 Å². The summed E-state index contributed by atoms with van der Waals surface area (Å²) in [5.74, 6) is -0.465. The van der Waals surface area contributed by atoms with E-state index in [4.69, 9.17) is 0 Å². The first-order valence-electron chi connectivity index (χ1n) is 9.22. The summed E-state index contributed by atoms with van der Waals surface area (Å²) in [5.41, 5.74) is 0.138. The van der Waals surface area contributed by atoms with Crippen molar-refractivity contribution in [3.8, 4) is 5.69 Å². The molecule has 31 heavy (non-hydrogen) atoms. The normalized spacial score (nSPS) is 11.6. The number of alkyl halides is 3. The second-order valence-electron chi connectivity index (χ2n) is 6.83. The van der Waals surface area contributed by atoms with Crippen LogP contribution in [0.15, 0.2) is 59.5 Å². The number of rotatable bonds is 4. The van der Waals surface area contributed by atoms with E-state index in [1.807, 2.05) is 0 Å². The van der Waals surface area contributed by atoms with Gasteiger partial charge >= 0.3 is 6.18 Å². The van der Waals surface area contributed by atoms with Gasteiger partial charge in [0, 0.05) is 5.39 Å². The van der Waals surface area contributed by atoms with E-state index in [0.717, 1.165) is 12.1 Å². The number of halogens is 3. The highest BCUT2D eigenvalue weighted by Crippen LogP contribution is 2.30. The molecule has 10 heteroatoms. The van der Waals surface area contributed by atoms with Crippen LogP contribution in [-0.4, -0.2) is 25.9 Å². The Labute approximate surface area is 173 Å². The number of aromatic nitrogens is 4. The molecule has 0 atom stereocenters. The molecular formula is C21H16F3N5O2. The zero-order valence-corrected chi connectivity index (χ0v) is 16.2. The van der Waals surface area contributed by atoms with Gasteiger partial charge in [0.2, 0.25) is 0 Å². The lowest BCUT2D eigenvalue weighted by Gasteiger charge is -2.10. The monoisotopic (exact) mass is 427 g/mol. The molecule has 0 aliphatic heterocycles. The molecule has 0 fully saturated rings. The van der Waals surface area contributed by atoms with Crippen molar-refractivity contribution < 1.29 is 18.0 Å². The van der Waals surface area contributed by atoms with E-state index in [-0.39, 0.29) is 23.4 Å². The van der Waals surface area contributed by atoms with Crippen LogP contribution in [0.2, 0.25) is 0 Å². The molecule has 158 valence electrons. The van der Waals surface area contributed by atoms with Gasteiger partial charge in [-0.05, 0) is 31.2 Å². The fourth-order valence-corrected chi connectivity index (χ4v) is 3.27. The maximum Gasteiger partial charge on any atom is 0.416 e.